The summed E-state index contributed by atoms with van der Waals surface area (Å²) in [6.45, 7) is 4.30. The van der Waals surface area contributed by atoms with E-state index < -0.39 is 0 Å². The van der Waals surface area contributed by atoms with Gasteiger partial charge in [-0.05, 0) is 112 Å². The molecule has 0 aliphatic heterocycles. The van der Waals surface area contributed by atoms with Crippen LogP contribution in [-0.4, -0.2) is 17.0 Å². The molecule has 5 heteroatoms. The van der Waals surface area contributed by atoms with Crippen molar-refractivity contribution < 1.29 is 24.2 Å². The molecule has 5 nitrogen and oxygen atoms in total. The molecular weight excluding hydrogens is 681 g/mol. The molecule has 0 radical (unpaired) electrons. The molecule has 0 spiro atoms. The number of unbranched alkanes of at least 4 members (excludes halogenated alkanes) is 10. The number of hydrogen-bond acceptors (Lipinski definition) is 5. The Labute approximate surface area is 333 Å². The Kier molecular flexibility index (Phi) is 27.7. The van der Waals surface area contributed by atoms with Gasteiger partial charge in [-0.25, -0.2) is 0 Å². The molecule has 55 heavy (non-hydrogen) atoms. The number of carbonyl (C=O) groups is 2. The minimum atomic E-state index is -0.291. The van der Waals surface area contributed by atoms with Gasteiger partial charge in [0.05, 0.1) is 0 Å². The van der Waals surface area contributed by atoms with Crippen LogP contribution in [0.25, 0.3) is 12.2 Å². The van der Waals surface area contributed by atoms with E-state index in [0.29, 0.717) is 29.9 Å². The fraction of sp³-hybridized carbons (Fsp3) is 0.440. The summed E-state index contributed by atoms with van der Waals surface area (Å²) in [6.07, 6.45) is 50.1. The van der Waals surface area contributed by atoms with Gasteiger partial charge in [0.2, 0.25) is 0 Å². The Morgan fingerprint density at radius 1 is 0.473 bits per heavy atom. The Hall–Kier alpha value is -4.64. The largest absolute Gasteiger partial charge is 0.508 e. The van der Waals surface area contributed by atoms with Gasteiger partial charge in [-0.1, -0.05) is 150 Å². The molecule has 0 aliphatic carbocycles. The van der Waals surface area contributed by atoms with Crippen molar-refractivity contribution in [3.63, 3.8) is 0 Å². The van der Waals surface area contributed by atoms with Gasteiger partial charge in [-0.15, -0.1) is 0 Å². The first-order chi connectivity index (χ1) is 27.0. The number of hydrogen-bond donors (Lipinski definition) is 1. The predicted octanol–water partition coefficient (Wildman–Crippen LogP) is 14.6. The van der Waals surface area contributed by atoms with Gasteiger partial charge in [0, 0.05) is 18.9 Å². The molecule has 0 amide bonds. The van der Waals surface area contributed by atoms with E-state index in [2.05, 4.69) is 86.8 Å². The summed E-state index contributed by atoms with van der Waals surface area (Å²) in [5, 5.41) is 10.2. The first-order valence-electron chi connectivity index (χ1n) is 20.9. The van der Waals surface area contributed by atoms with Crippen molar-refractivity contribution in [2.45, 2.75) is 142 Å². The summed E-state index contributed by atoms with van der Waals surface area (Å²) in [5.41, 5.74) is 1.62. The number of rotatable bonds is 30. The quantitative estimate of drug-likeness (QED) is 0.0283. The lowest BCUT2D eigenvalue weighted by Crippen LogP contribution is -2.07. The van der Waals surface area contributed by atoms with Crippen molar-refractivity contribution in [3.05, 3.63) is 127 Å². The third-order valence-electron chi connectivity index (χ3n) is 8.79. The van der Waals surface area contributed by atoms with Crippen molar-refractivity contribution in [1.29, 1.82) is 0 Å². The van der Waals surface area contributed by atoms with Crippen LogP contribution < -0.4 is 9.47 Å². The van der Waals surface area contributed by atoms with Crippen LogP contribution in [0.15, 0.2) is 115 Å². The third-order valence-corrected chi connectivity index (χ3v) is 8.79. The molecule has 0 fully saturated rings. The van der Waals surface area contributed by atoms with Crippen molar-refractivity contribution in [1.82, 2.24) is 0 Å². The molecule has 298 valence electrons. The molecule has 0 saturated carbocycles. The van der Waals surface area contributed by atoms with E-state index in [1.807, 2.05) is 24.3 Å². The van der Waals surface area contributed by atoms with Crippen molar-refractivity contribution in [3.8, 4) is 17.2 Å². The van der Waals surface area contributed by atoms with Crippen LogP contribution in [0.5, 0.6) is 17.2 Å². The summed E-state index contributed by atoms with van der Waals surface area (Å²) in [6, 6.07) is 12.1. The number of aromatic hydroxyl groups is 1. The zero-order valence-corrected chi connectivity index (χ0v) is 33.8. The number of phenolic OH excluding ortho intramolecular Hbond substituents is 1. The molecule has 0 aromatic heterocycles. The van der Waals surface area contributed by atoms with Crippen LogP contribution in [0.3, 0.4) is 0 Å². The average Bonchev–Trinajstić information content (AvgIpc) is 3.17. The van der Waals surface area contributed by atoms with Crippen molar-refractivity contribution in [2.24, 2.45) is 0 Å². The van der Waals surface area contributed by atoms with Crippen LogP contribution >= 0.6 is 0 Å². The molecule has 0 bridgehead atoms. The average molecular weight is 749 g/mol. The van der Waals surface area contributed by atoms with E-state index in [4.69, 9.17) is 9.47 Å². The number of allylic oxidation sites excluding steroid dienone is 12. The number of ether oxygens (including phenoxy) is 2. The molecule has 0 atom stereocenters. The highest BCUT2D eigenvalue weighted by atomic mass is 16.5. The Morgan fingerprint density at radius 3 is 1.40 bits per heavy atom. The van der Waals surface area contributed by atoms with Crippen LogP contribution in [0.4, 0.5) is 0 Å². The topological polar surface area (TPSA) is 72.8 Å². The van der Waals surface area contributed by atoms with Crippen LogP contribution in [-0.2, 0) is 9.59 Å². The maximum Gasteiger partial charge on any atom is 0.311 e. The lowest BCUT2D eigenvalue weighted by molar-refractivity contribution is -0.135. The number of phenols is 1. The summed E-state index contributed by atoms with van der Waals surface area (Å²) >= 11 is 0. The van der Waals surface area contributed by atoms with Gasteiger partial charge in [-0.3, -0.25) is 9.59 Å². The fourth-order valence-corrected chi connectivity index (χ4v) is 5.74. The van der Waals surface area contributed by atoms with E-state index in [1.165, 1.54) is 18.9 Å². The van der Waals surface area contributed by atoms with E-state index in [0.717, 1.165) is 108 Å². The lowest BCUT2D eigenvalue weighted by Gasteiger charge is -2.07. The van der Waals surface area contributed by atoms with E-state index in [9.17, 15) is 14.7 Å². The highest BCUT2D eigenvalue weighted by Gasteiger charge is 2.08. The van der Waals surface area contributed by atoms with E-state index >= 15 is 0 Å². The number of benzene rings is 2. The molecule has 2 aromatic carbocycles. The number of carbonyl (C=O) groups excluding carboxylic acids is 2. The van der Waals surface area contributed by atoms with Crippen molar-refractivity contribution in [2.75, 3.05) is 0 Å². The third kappa shape index (κ3) is 26.7. The second-order valence-corrected chi connectivity index (χ2v) is 13.8. The highest BCUT2D eigenvalue weighted by Crippen LogP contribution is 2.25. The van der Waals surface area contributed by atoms with Crippen molar-refractivity contribution >= 4 is 24.1 Å². The van der Waals surface area contributed by atoms with Gasteiger partial charge >= 0.3 is 11.9 Å². The van der Waals surface area contributed by atoms with Crippen LogP contribution in [0.2, 0.25) is 0 Å². The minimum Gasteiger partial charge on any atom is -0.508 e. The molecule has 0 aliphatic rings. The first kappa shape index (κ1) is 46.5. The van der Waals surface area contributed by atoms with E-state index in [-0.39, 0.29) is 17.7 Å². The zero-order valence-electron chi connectivity index (χ0n) is 33.8. The summed E-state index contributed by atoms with van der Waals surface area (Å²) in [5.74, 6) is 0.383. The summed E-state index contributed by atoms with van der Waals surface area (Å²) in [7, 11) is 0. The monoisotopic (exact) mass is 749 g/mol. The summed E-state index contributed by atoms with van der Waals surface area (Å²) < 4.78 is 11.1. The van der Waals surface area contributed by atoms with Crippen LogP contribution in [0.1, 0.15) is 153 Å². The minimum absolute atomic E-state index is 0.0313. The van der Waals surface area contributed by atoms with Gasteiger partial charge in [0.15, 0.2) is 0 Å². The Morgan fingerprint density at radius 2 is 0.891 bits per heavy atom. The van der Waals surface area contributed by atoms with Gasteiger partial charge in [0.25, 0.3) is 0 Å². The molecule has 0 unspecified atom stereocenters. The summed E-state index contributed by atoms with van der Waals surface area (Å²) in [4.78, 5) is 24.8. The Bertz CT molecular complexity index is 1520. The smallest absolute Gasteiger partial charge is 0.311 e. The Balaban J connectivity index is 1.58. The maximum absolute atomic E-state index is 12.5. The fourth-order valence-electron chi connectivity index (χ4n) is 5.74. The standard InChI is InChI=1S/C50H68O5/c1-3-5-7-9-11-13-15-17-19-21-23-25-27-29-31-33-49(52)54-47-39-37-44(38-40-47)35-36-45-41-46(51)43-48(42-45)55-50(53)34-32-30-28-26-24-22-20-18-16-14-12-10-8-6-4-2/h5-8,11-14,17-20,35-43,51H,3-4,9-10,15-16,21-34H2,1-2H3/b7-5+,8-6+,13-11+,14-12+,19-17+,20-18+,36-35+. The molecule has 2 rings (SSSR count). The molecule has 2 aromatic rings. The number of esters is 2. The SMILES string of the molecule is CC/C=C/C/C=C/C/C=C/CCCCCCCC(=O)Oc1ccc(/C=C/c2cc(O)cc(OC(=O)CCCCCCC/C=C/C/C=C/C/C=C/CC)c2)cc1. The normalized spacial score (nSPS) is 12.3. The van der Waals surface area contributed by atoms with Crippen LogP contribution in [0, 0.1) is 0 Å². The van der Waals surface area contributed by atoms with Gasteiger partial charge < -0.3 is 14.6 Å². The molecule has 0 heterocycles. The van der Waals surface area contributed by atoms with E-state index in [1.54, 1.807) is 24.3 Å². The highest BCUT2D eigenvalue weighted by molar-refractivity contribution is 5.75. The van der Waals surface area contributed by atoms with Gasteiger partial charge in [0.1, 0.15) is 17.2 Å². The first-order valence-corrected chi connectivity index (χ1v) is 20.9. The second kappa shape index (κ2) is 32.8. The molecular formula is C50H68O5. The predicted molar refractivity (Wildman–Crippen MR) is 233 cm³/mol. The lowest BCUT2D eigenvalue weighted by atomic mass is 10.1. The second-order valence-electron chi connectivity index (χ2n) is 13.8. The van der Waals surface area contributed by atoms with Gasteiger partial charge in [-0.2, -0.15) is 0 Å². The maximum atomic E-state index is 12.5. The molecule has 1 N–H and O–H groups in total. The zero-order chi connectivity index (χ0) is 39.4. The molecule has 0 saturated heterocycles.